The molecule has 0 fully saturated rings. The number of imidazole rings is 1. The summed E-state index contributed by atoms with van der Waals surface area (Å²) in [5, 5.41) is 2.83. The first kappa shape index (κ1) is 23.9. The number of para-hydroxylation sites is 2. The van der Waals surface area contributed by atoms with Crippen LogP contribution in [-0.2, 0) is 27.3 Å². The third-order valence-corrected chi connectivity index (χ3v) is 5.62. The number of rotatable bonds is 12. The Morgan fingerprint density at radius 2 is 1.83 bits per heavy atom. The molecule has 2 amide bonds. The summed E-state index contributed by atoms with van der Waals surface area (Å²) in [6.07, 6.45) is 3.28. The van der Waals surface area contributed by atoms with E-state index in [4.69, 9.17) is 9.72 Å². The van der Waals surface area contributed by atoms with Crippen molar-refractivity contribution in [2.24, 2.45) is 0 Å². The number of amides is 2. The summed E-state index contributed by atoms with van der Waals surface area (Å²) in [4.78, 5) is 31.6. The van der Waals surface area contributed by atoms with Gasteiger partial charge in [0.2, 0.25) is 11.8 Å². The predicted molar refractivity (Wildman–Crippen MR) is 119 cm³/mol. The van der Waals surface area contributed by atoms with E-state index in [0.717, 1.165) is 36.1 Å². The quantitative estimate of drug-likeness (QED) is 0.539. The molecule has 0 saturated heterocycles. The lowest BCUT2D eigenvalue weighted by Crippen LogP contribution is -2.45. The second-order valence-corrected chi connectivity index (χ2v) is 7.80. The number of carbonyl (C=O) groups is 2. The number of carbonyl (C=O) groups excluding carboxylic acids is 2. The van der Waals surface area contributed by atoms with Crippen molar-refractivity contribution in [3.8, 4) is 0 Å². The number of hydrogen-bond donors (Lipinski definition) is 1. The van der Waals surface area contributed by atoms with Crippen LogP contribution in [0.25, 0.3) is 11.0 Å². The number of benzene rings is 1. The van der Waals surface area contributed by atoms with E-state index in [1.54, 1.807) is 0 Å². The fraction of sp³-hybridized carbons (Fsp3) is 0.609. The Kier molecular flexibility index (Phi) is 9.30. The van der Waals surface area contributed by atoms with E-state index < -0.39 is 0 Å². The van der Waals surface area contributed by atoms with E-state index >= 15 is 0 Å². The number of nitrogens with one attached hydrogen (secondary N) is 1. The van der Waals surface area contributed by atoms with Gasteiger partial charge in [-0.1, -0.05) is 26.0 Å². The lowest BCUT2D eigenvalue weighted by atomic mass is 10.1. The van der Waals surface area contributed by atoms with Gasteiger partial charge in [-0.2, -0.15) is 0 Å². The highest BCUT2D eigenvalue weighted by atomic mass is 16.5. The standard InChI is InChI=1S/C23H36N4O3/c1-6-17(3)27(18(4)7-2)23(29)15-26-20-12-9-8-11-19(20)25-21(26)13-10-14-24-22(28)16-30-5/h8-9,11-12,17-18H,6-7,10,13-16H2,1-5H3,(H,24,28). The molecule has 1 aromatic heterocycles. The second kappa shape index (κ2) is 11.7. The minimum absolute atomic E-state index is 0.0636. The van der Waals surface area contributed by atoms with Crippen molar-refractivity contribution in [1.29, 1.82) is 0 Å². The molecular formula is C23H36N4O3. The number of aromatic nitrogens is 2. The number of aryl methyl sites for hydroxylation is 1. The Morgan fingerprint density at radius 3 is 2.47 bits per heavy atom. The fourth-order valence-electron chi connectivity index (χ4n) is 3.69. The molecule has 0 saturated carbocycles. The monoisotopic (exact) mass is 416 g/mol. The highest BCUT2D eigenvalue weighted by Crippen LogP contribution is 2.19. The van der Waals surface area contributed by atoms with Gasteiger partial charge in [-0.05, 0) is 45.2 Å². The molecule has 1 N–H and O–H groups in total. The molecule has 0 radical (unpaired) electrons. The van der Waals surface area contributed by atoms with Crippen molar-refractivity contribution in [3.05, 3.63) is 30.1 Å². The molecule has 0 aliphatic carbocycles. The molecule has 166 valence electrons. The zero-order valence-corrected chi connectivity index (χ0v) is 19.0. The Bertz CT molecular complexity index is 823. The SMILES string of the molecule is CCC(C)N(C(=O)Cn1c(CCCNC(=O)COC)nc2ccccc21)C(C)CC. The van der Waals surface area contributed by atoms with E-state index in [0.29, 0.717) is 13.0 Å². The number of nitrogens with zero attached hydrogens (tertiary/aromatic N) is 3. The van der Waals surface area contributed by atoms with Crippen molar-refractivity contribution in [1.82, 2.24) is 19.8 Å². The van der Waals surface area contributed by atoms with Gasteiger partial charge in [-0.3, -0.25) is 9.59 Å². The molecule has 1 heterocycles. The smallest absolute Gasteiger partial charge is 0.245 e. The molecule has 7 heteroatoms. The number of ether oxygens (including phenoxy) is 1. The molecule has 2 unspecified atom stereocenters. The summed E-state index contributed by atoms with van der Waals surface area (Å²) in [6, 6.07) is 8.31. The van der Waals surface area contributed by atoms with Crippen molar-refractivity contribution in [2.75, 3.05) is 20.3 Å². The maximum absolute atomic E-state index is 13.3. The third kappa shape index (κ3) is 6.05. The van der Waals surface area contributed by atoms with E-state index in [-0.39, 0.29) is 37.0 Å². The molecule has 0 aliphatic rings. The summed E-state index contributed by atoms with van der Waals surface area (Å²) in [7, 11) is 1.50. The van der Waals surface area contributed by atoms with Gasteiger partial charge >= 0.3 is 0 Å². The van der Waals surface area contributed by atoms with E-state index in [2.05, 4.69) is 33.0 Å². The largest absolute Gasteiger partial charge is 0.375 e. The molecule has 2 atom stereocenters. The van der Waals surface area contributed by atoms with Gasteiger partial charge in [0.25, 0.3) is 0 Å². The van der Waals surface area contributed by atoms with Crippen LogP contribution in [0.2, 0.25) is 0 Å². The molecule has 2 aromatic rings. The number of hydrogen-bond acceptors (Lipinski definition) is 4. The van der Waals surface area contributed by atoms with Crippen LogP contribution in [0.1, 0.15) is 52.8 Å². The zero-order valence-electron chi connectivity index (χ0n) is 19.0. The van der Waals surface area contributed by atoms with Gasteiger partial charge in [-0.25, -0.2) is 4.98 Å². The molecule has 0 bridgehead atoms. The molecule has 1 aromatic carbocycles. The molecule has 0 spiro atoms. The van der Waals surface area contributed by atoms with Gasteiger partial charge in [0.1, 0.15) is 19.0 Å². The third-order valence-electron chi connectivity index (χ3n) is 5.62. The van der Waals surface area contributed by atoms with Crippen LogP contribution >= 0.6 is 0 Å². The Balaban J connectivity index is 2.19. The highest BCUT2D eigenvalue weighted by molar-refractivity contribution is 5.81. The molecule has 0 aliphatic heterocycles. The Hall–Kier alpha value is -2.41. The summed E-state index contributed by atoms with van der Waals surface area (Å²) in [5.41, 5.74) is 1.86. The van der Waals surface area contributed by atoms with Crippen LogP contribution in [-0.4, -0.2) is 58.6 Å². The van der Waals surface area contributed by atoms with Gasteiger partial charge in [0.15, 0.2) is 0 Å². The maximum atomic E-state index is 13.3. The van der Waals surface area contributed by atoms with Crippen LogP contribution in [0.15, 0.2) is 24.3 Å². The van der Waals surface area contributed by atoms with Crippen molar-refractivity contribution in [3.63, 3.8) is 0 Å². The minimum atomic E-state index is -0.126. The van der Waals surface area contributed by atoms with Crippen LogP contribution in [0.3, 0.4) is 0 Å². The molecule has 30 heavy (non-hydrogen) atoms. The van der Waals surface area contributed by atoms with Crippen molar-refractivity contribution in [2.45, 2.75) is 72.0 Å². The lowest BCUT2D eigenvalue weighted by molar-refractivity contribution is -0.136. The molecule has 7 nitrogen and oxygen atoms in total. The number of methoxy groups -OCH3 is 1. The Morgan fingerprint density at radius 1 is 1.17 bits per heavy atom. The first-order valence-corrected chi connectivity index (χ1v) is 10.9. The second-order valence-electron chi connectivity index (χ2n) is 7.80. The summed E-state index contributed by atoms with van der Waals surface area (Å²) in [5.74, 6) is 0.870. The summed E-state index contributed by atoms with van der Waals surface area (Å²) >= 11 is 0. The van der Waals surface area contributed by atoms with Gasteiger partial charge in [-0.15, -0.1) is 0 Å². The first-order chi connectivity index (χ1) is 14.4. The number of fused-ring (bicyclic) bond motifs is 1. The van der Waals surface area contributed by atoms with Crippen molar-refractivity contribution < 1.29 is 14.3 Å². The van der Waals surface area contributed by atoms with E-state index in [1.807, 2.05) is 33.7 Å². The average Bonchev–Trinajstić information content (AvgIpc) is 3.08. The van der Waals surface area contributed by atoms with Gasteiger partial charge in [0, 0.05) is 32.2 Å². The predicted octanol–water partition coefficient (Wildman–Crippen LogP) is 3.16. The summed E-state index contributed by atoms with van der Waals surface area (Å²) < 4.78 is 6.86. The topological polar surface area (TPSA) is 76.5 Å². The molecule has 2 rings (SSSR count). The van der Waals surface area contributed by atoms with Crippen LogP contribution < -0.4 is 5.32 Å². The summed E-state index contributed by atoms with van der Waals surface area (Å²) in [6.45, 7) is 9.34. The Labute approximate surface area is 179 Å². The van der Waals surface area contributed by atoms with E-state index in [1.165, 1.54) is 7.11 Å². The highest BCUT2D eigenvalue weighted by Gasteiger charge is 2.25. The van der Waals surface area contributed by atoms with Crippen LogP contribution in [0, 0.1) is 0 Å². The minimum Gasteiger partial charge on any atom is -0.375 e. The lowest BCUT2D eigenvalue weighted by Gasteiger charge is -2.34. The molecular weight excluding hydrogens is 380 g/mol. The van der Waals surface area contributed by atoms with Gasteiger partial charge in [0.05, 0.1) is 11.0 Å². The first-order valence-electron chi connectivity index (χ1n) is 10.9. The fourth-order valence-corrected chi connectivity index (χ4v) is 3.69. The van der Waals surface area contributed by atoms with Crippen LogP contribution in [0.5, 0.6) is 0 Å². The van der Waals surface area contributed by atoms with E-state index in [9.17, 15) is 9.59 Å². The zero-order chi connectivity index (χ0) is 22.1. The average molecular weight is 417 g/mol. The van der Waals surface area contributed by atoms with Crippen molar-refractivity contribution >= 4 is 22.8 Å². The normalized spacial score (nSPS) is 13.2. The maximum Gasteiger partial charge on any atom is 0.245 e. The van der Waals surface area contributed by atoms with Crippen LogP contribution in [0.4, 0.5) is 0 Å². The van der Waals surface area contributed by atoms with Gasteiger partial charge < -0.3 is 19.5 Å².